The Morgan fingerprint density at radius 3 is 2.76 bits per heavy atom. The van der Waals surface area contributed by atoms with E-state index in [1.165, 1.54) is 16.5 Å². The van der Waals surface area contributed by atoms with E-state index in [4.69, 9.17) is 0 Å². The monoisotopic (exact) mass is 284 g/mol. The predicted octanol–water partition coefficient (Wildman–Crippen LogP) is 2.71. The van der Waals surface area contributed by atoms with Crippen molar-refractivity contribution >= 4 is 10.8 Å². The van der Waals surface area contributed by atoms with E-state index in [-0.39, 0.29) is 17.1 Å². The largest absolute Gasteiger partial charge is 0.508 e. The van der Waals surface area contributed by atoms with Crippen LogP contribution in [-0.4, -0.2) is 27.5 Å². The third-order valence-corrected chi connectivity index (χ3v) is 5.75. The molecular weight excluding hydrogens is 264 g/mol. The lowest BCUT2D eigenvalue weighted by Gasteiger charge is -2.40. The Bertz CT molecular complexity index is 724. The second-order valence-electron chi connectivity index (χ2n) is 6.85. The molecule has 1 fully saturated rings. The van der Waals surface area contributed by atoms with Crippen LogP contribution < -0.4 is 0 Å². The molecule has 0 heterocycles. The summed E-state index contributed by atoms with van der Waals surface area (Å²) in [7, 11) is 0. The van der Waals surface area contributed by atoms with E-state index in [0.29, 0.717) is 6.42 Å². The molecule has 4 unspecified atom stereocenters. The van der Waals surface area contributed by atoms with Crippen molar-refractivity contribution in [2.24, 2.45) is 5.41 Å². The van der Waals surface area contributed by atoms with Gasteiger partial charge in [-0.2, -0.15) is 0 Å². The van der Waals surface area contributed by atoms with Crippen molar-refractivity contribution in [3.05, 3.63) is 41.5 Å². The lowest BCUT2D eigenvalue weighted by molar-refractivity contribution is -0.0216. The lowest BCUT2D eigenvalue weighted by Crippen LogP contribution is -2.38. The van der Waals surface area contributed by atoms with Crippen LogP contribution in [0.1, 0.15) is 36.8 Å². The van der Waals surface area contributed by atoms with Gasteiger partial charge in [0.15, 0.2) is 0 Å². The Morgan fingerprint density at radius 2 is 1.95 bits per heavy atom. The van der Waals surface area contributed by atoms with Gasteiger partial charge in [0.2, 0.25) is 0 Å². The third kappa shape index (κ3) is 1.68. The van der Waals surface area contributed by atoms with Gasteiger partial charge in [-0.1, -0.05) is 25.1 Å². The minimum absolute atomic E-state index is 0.212. The van der Waals surface area contributed by atoms with E-state index >= 15 is 0 Å². The molecule has 2 aromatic rings. The topological polar surface area (TPSA) is 60.7 Å². The Kier molecular flexibility index (Phi) is 2.63. The number of phenolic OH excluding ortho intramolecular Hbond substituents is 1. The lowest BCUT2D eigenvalue weighted by atomic mass is 9.65. The van der Waals surface area contributed by atoms with E-state index in [2.05, 4.69) is 13.0 Å². The van der Waals surface area contributed by atoms with E-state index < -0.39 is 12.2 Å². The maximum Gasteiger partial charge on any atom is 0.116 e. The van der Waals surface area contributed by atoms with Crippen molar-refractivity contribution in [1.82, 2.24) is 0 Å². The van der Waals surface area contributed by atoms with Crippen LogP contribution in [-0.2, 0) is 6.42 Å². The molecule has 0 spiro atoms. The summed E-state index contributed by atoms with van der Waals surface area (Å²) < 4.78 is 0. The molecule has 0 amide bonds. The maximum absolute atomic E-state index is 10.3. The first kappa shape index (κ1) is 13.1. The SMILES string of the molecule is CC12CCc3c(ccc4cc(O)ccc34)C1CC(O)C2O. The summed E-state index contributed by atoms with van der Waals surface area (Å²) in [5.41, 5.74) is 2.35. The molecule has 3 heteroatoms. The molecule has 2 aliphatic carbocycles. The molecule has 21 heavy (non-hydrogen) atoms. The zero-order valence-corrected chi connectivity index (χ0v) is 12.1. The summed E-state index contributed by atoms with van der Waals surface area (Å²) in [4.78, 5) is 0. The highest BCUT2D eigenvalue weighted by atomic mass is 16.3. The van der Waals surface area contributed by atoms with E-state index in [0.717, 1.165) is 18.2 Å². The highest BCUT2D eigenvalue weighted by Gasteiger charge is 2.53. The number of rotatable bonds is 0. The molecule has 3 nitrogen and oxygen atoms in total. The fourth-order valence-corrected chi connectivity index (χ4v) is 4.49. The quantitative estimate of drug-likeness (QED) is 0.697. The Labute approximate surface area is 123 Å². The minimum Gasteiger partial charge on any atom is -0.508 e. The van der Waals surface area contributed by atoms with Gasteiger partial charge in [-0.3, -0.25) is 0 Å². The molecule has 0 saturated heterocycles. The van der Waals surface area contributed by atoms with Gasteiger partial charge in [-0.25, -0.2) is 0 Å². The molecule has 0 radical (unpaired) electrons. The van der Waals surface area contributed by atoms with Crippen LogP contribution in [0.4, 0.5) is 0 Å². The molecule has 0 bridgehead atoms. The molecule has 1 saturated carbocycles. The first-order valence-electron chi connectivity index (χ1n) is 7.61. The van der Waals surface area contributed by atoms with Crippen molar-refractivity contribution in [1.29, 1.82) is 0 Å². The molecule has 4 atom stereocenters. The molecule has 3 N–H and O–H groups in total. The molecule has 4 rings (SSSR count). The summed E-state index contributed by atoms with van der Waals surface area (Å²) in [5.74, 6) is 0.499. The summed E-state index contributed by atoms with van der Waals surface area (Å²) in [6.07, 6.45) is 1.18. The summed E-state index contributed by atoms with van der Waals surface area (Å²) >= 11 is 0. The van der Waals surface area contributed by atoms with Gasteiger partial charge in [-0.05, 0) is 59.2 Å². The minimum atomic E-state index is -0.633. The fraction of sp³-hybridized carbons (Fsp3) is 0.444. The molecule has 110 valence electrons. The van der Waals surface area contributed by atoms with Crippen LogP contribution in [0.2, 0.25) is 0 Å². The third-order valence-electron chi connectivity index (χ3n) is 5.75. The zero-order valence-electron chi connectivity index (χ0n) is 12.1. The van der Waals surface area contributed by atoms with E-state index in [1.807, 2.05) is 12.1 Å². The predicted molar refractivity (Wildman–Crippen MR) is 81.4 cm³/mol. The normalized spacial score (nSPS) is 34.7. The standard InChI is InChI=1S/C18H20O3/c1-18-7-6-13-12-5-3-11(19)8-10(12)2-4-14(13)15(18)9-16(20)17(18)21/h2-5,8,15-17,19-21H,6-7,9H2,1H3. The van der Waals surface area contributed by atoms with Crippen LogP contribution in [0.15, 0.2) is 30.3 Å². The van der Waals surface area contributed by atoms with Crippen LogP contribution in [0.25, 0.3) is 10.8 Å². The molecule has 2 aromatic carbocycles. The van der Waals surface area contributed by atoms with Crippen molar-refractivity contribution in [2.75, 3.05) is 0 Å². The first-order chi connectivity index (χ1) is 10.0. The average molecular weight is 284 g/mol. The number of fused-ring (bicyclic) bond motifs is 5. The van der Waals surface area contributed by atoms with Crippen LogP contribution >= 0.6 is 0 Å². The van der Waals surface area contributed by atoms with Gasteiger partial charge in [0, 0.05) is 5.41 Å². The van der Waals surface area contributed by atoms with Crippen molar-refractivity contribution < 1.29 is 15.3 Å². The zero-order chi connectivity index (χ0) is 14.8. The number of hydrogen-bond acceptors (Lipinski definition) is 3. The molecule has 0 aliphatic heterocycles. The number of benzene rings is 2. The van der Waals surface area contributed by atoms with Crippen LogP contribution in [0, 0.1) is 5.41 Å². The number of hydrogen-bond donors (Lipinski definition) is 3. The Morgan fingerprint density at radius 1 is 1.14 bits per heavy atom. The van der Waals surface area contributed by atoms with Gasteiger partial charge in [0.25, 0.3) is 0 Å². The van der Waals surface area contributed by atoms with Gasteiger partial charge in [0.1, 0.15) is 5.75 Å². The van der Waals surface area contributed by atoms with Gasteiger partial charge >= 0.3 is 0 Å². The first-order valence-corrected chi connectivity index (χ1v) is 7.61. The van der Waals surface area contributed by atoms with Crippen molar-refractivity contribution in [3.8, 4) is 5.75 Å². The Hall–Kier alpha value is -1.58. The van der Waals surface area contributed by atoms with Crippen molar-refractivity contribution in [2.45, 2.75) is 44.3 Å². The number of aryl methyl sites for hydroxylation is 1. The Balaban J connectivity index is 1.91. The summed E-state index contributed by atoms with van der Waals surface area (Å²) in [6.45, 7) is 2.10. The highest BCUT2D eigenvalue weighted by Crippen LogP contribution is 2.56. The maximum atomic E-state index is 10.3. The summed E-state index contributed by atoms with van der Waals surface area (Å²) in [5, 5.41) is 32.3. The molecule has 2 aliphatic rings. The number of aromatic hydroxyl groups is 1. The van der Waals surface area contributed by atoms with Crippen molar-refractivity contribution in [3.63, 3.8) is 0 Å². The fourth-order valence-electron chi connectivity index (χ4n) is 4.49. The number of aliphatic hydroxyl groups is 2. The van der Waals surface area contributed by atoms with E-state index in [1.54, 1.807) is 12.1 Å². The van der Waals surface area contributed by atoms with Gasteiger partial charge < -0.3 is 15.3 Å². The number of aliphatic hydroxyl groups excluding tert-OH is 2. The van der Waals surface area contributed by atoms with E-state index in [9.17, 15) is 15.3 Å². The van der Waals surface area contributed by atoms with Gasteiger partial charge in [-0.15, -0.1) is 0 Å². The second kappa shape index (κ2) is 4.21. The average Bonchev–Trinajstić information content (AvgIpc) is 2.70. The smallest absolute Gasteiger partial charge is 0.116 e. The highest BCUT2D eigenvalue weighted by molar-refractivity contribution is 5.88. The molecule has 0 aromatic heterocycles. The summed E-state index contributed by atoms with van der Waals surface area (Å²) in [6, 6.07) is 9.66. The van der Waals surface area contributed by atoms with Gasteiger partial charge in [0.05, 0.1) is 12.2 Å². The number of phenols is 1. The van der Waals surface area contributed by atoms with Crippen LogP contribution in [0.5, 0.6) is 5.75 Å². The molecular formula is C18H20O3. The second-order valence-corrected chi connectivity index (χ2v) is 6.85. The van der Waals surface area contributed by atoms with Crippen LogP contribution in [0.3, 0.4) is 0 Å².